The summed E-state index contributed by atoms with van der Waals surface area (Å²) >= 11 is 0. The smallest absolute Gasteiger partial charge is 0.274 e. The predicted molar refractivity (Wildman–Crippen MR) is 83.5 cm³/mol. The number of piperazine rings is 1. The summed E-state index contributed by atoms with van der Waals surface area (Å²) in [6.07, 6.45) is 3.86. The Morgan fingerprint density at radius 2 is 2.00 bits per heavy atom. The highest BCUT2D eigenvalue weighted by atomic mass is 16.2. The molecule has 0 spiro atoms. The lowest BCUT2D eigenvalue weighted by Crippen LogP contribution is -2.51. The molecule has 0 bridgehead atoms. The van der Waals surface area contributed by atoms with E-state index in [1.165, 1.54) is 0 Å². The van der Waals surface area contributed by atoms with Crippen molar-refractivity contribution >= 4 is 11.8 Å². The van der Waals surface area contributed by atoms with Crippen LogP contribution in [0, 0.1) is 0 Å². The first-order chi connectivity index (χ1) is 10.6. The molecule has 0 aromatic carbocycles. The van der Waals surface area contributed by atoms with Gasteiger partial charge in [-0.15, -0.1) is 0 Å². The molecule has 1 saturated heterocycles. The molecule has 0 saturated carbocycles. The fraction of sp³-hybridized carbons (Fsp3) is 0.667. The number of aromatic nitrogens is 2. The molecule has 2 amide bonds. The third kappa shape index (κ3) is 4.56. The van der Waals surface area contributed by atoms with E-state index in [-0.39, 0.29) is 11.8 Å². The molecule has 0 atom stereocenters. The number of carbonyl (C=O) groups is 2. The number of aryl methyl sites for hydroxylation is 1. The Bertz CT molecular complexity index is 506. The van der Waals surface area contributed by atoms with Crippen LogP contribution in [-0.2, 0) is 11.8 Å². The van der Waals surface area contributed by atoms with Crippen LogP contribution in [0.1, 0.15) is 30.3 Å². The van der Waals surface area contributed by atoms with E-state index in [9.17, 15) is 9.59 Å². The number of nitrogens with one attached hydrogen (secondary N) is 1. The first-order valence-corrected chi connectivity index (χ1v) is 7.88. The fourth-order valence-corrected chi connectivity index (χ4v) is 2.46. The highest BCUT2D eigenvalue weighted by Gasteiger charge is 2.24. The van der Waals surface area contributed by atoms with Gasteiger partial charge >= 0.3 is 0 Å². The largest absolute Gasteiger partial charge is 0.355 e. The predicted octanol–water partition coefficient (Wildman–Crippen LogP) is 0.0942. The second kappa shape index (κ2) is 7.93. The van der Waals surface area contributed by atoms with Crippen LogP contribution in [0.15, 0.2) is 12.3 Å². The van der Waals surface area contributed by atoms with E-state index in [0.717, 1.165) is 32.5 Å². The number of nitrogens with zero attached hydrogens (tertiary/aromatic N) is 4. The van der Waals surface area contributed by atoms with Crippen LogP contribution < -0.4 is 5.32 Å². The molecule has 1 aromatic heterocycles. The lowest BCUT2D eigenvalue weighted by atomic mass is 10.2. The van der Waals surface area contributed by atoms with Crippen molar-refractivity contribution in [2.45, 2.75) is 19.8 Å². The van der Waals surface area contributed by atoms with Gasteiger partial charge in [-0.1, -0.05) is 13.3 Å². The number of unbranched alkanes of at least 4 members (excludes halogenated alkanes) is 1. The number of hydrogen-bond acceptors (Lipinski definition) is 4. The summed E-state index contributed by atoms with van der Waals surface area (Å²) in [7, 11) is 1.80. The number of hydrogen-bond donors (Lipinski definition) is 1. The van der Waals surface area contributed by atoms with Gasteiger partial charge in [0.2, 0.25) is 5.91 Å². The molecule has 0 aliphatic carbocycles. The molecule has 2 heterocycles. The van der Waals surface area contributed by atoms with Crippen molar-refractivity contribution in [3.05, 3.63) is 18.0 Å². The van der Waals surface area contributed by atoms with E-state index in [0.29, 0.717) is 25.3 Å². The van der Waals surface area contributed by atoms with Gasteiger partial charge in [-0.05, 0) is 12.5 Å². The van der Waals surface area contributed by atoms with E-state index in [1.807, 2.05) is 0 Å². The molecule has 1 aromatic rings. The van der Waals surface area contributed by atoms with Gasteiger partial charge in [-0.25, -0.2) is 0 Å². The average Bonchev–Trinajstić information content (AvgIpc) is 2.94. The zero-order chi connectivity index (χ0) is 15.9. The van der Waals surface area contributed by atoms with Gasteiger partial charge in [0, 0.05) is 46.0 Å². The SMILES string of the molecule is CCCCNC(=O)CN1CCN(C(=O)c2ccn(C)n2)CC1. The fourth-order valence-electron chi connectivity index (χ4n) is 2.46. The maximum Gasteiger partial charge on any atom is 0.274 e. The third-order valence-corrected chi connectivity index (χ3v) is 3.81. The summed E-state index contributed by atoms with van der Waals surface area (Å²) in [5.74, 6) is 0.0330. The zero-order valence-electron chi connectivity index (χ0n) is 13.4. The molecule has 1 aliphatic rings. The van der Waals surface area contributed by atoms with Crippen molar-refractivity contribution in [3.8, 4) is 0 Å². The normalized spacial score (nSPS) is 15.8. The van der Waals surface area contributed by atoms with Crippen LogP contribution in [0.4, 0.5) is 0 Å². The van der Waals surface area contributed by atoms with Crippen molar-refractivity contribution in [2.24, 2.45) is 7.05 Å². The molecule has 0 radical (unpaired) electrons. The second-order valence-corrected chi connectivity index (χ2v) is 5.65. The maximum absolute atomic E-state index is 12.3. The molecule has 1 N–H and O–H groups in total. The zero-order valence-corrected chi connectivity index (χ0v) is 13.4. The van der Waals surface area contributed by atoms with Crippen LogP contribution in [0.5, 0.6) is 0 Å². The van der Waals surface area contributed by atoms with E-state index in [1.54, 1.807) is 28.9 Å². The van der Waals surface area contributed by atoms with Gasteiger partial charge in [0.25, 0.3) is 5.91 Å². The van der Waals surface area contributed by atoms with Crippen molar-refractivity contribution in [1.82, 2.24) is 24.9 Å². The Balaban J connectivity index is 1.73. The van der Waals surface area contributed by atoms with Gasteiger partial charge in [0.05, 0.1) is 6.54 Å². The van der Waals surface area contributed by atoms with Crippen LogP contribution in [0.3, 0.4) is 0 Å². The molecular formula is C15H25N5O2. The Morgan fingerprint density at radius 1 is 1.27 bits per heavy atom. The molecule has 22 heavy (non-hydrogen) atoms. The summed E-state index contributed by atoms with van der Waals surface area (Å²) in [4.78, 5) is 27.9. The minimum absolute atomic E-state index is 0.0346. The van der Waals surface area contributed by atoms with Crippen molar-refractivity contribution in [1.29, 1.82) is 0 Å². The average molecular weight is 307 g/mol. The second-order valence-electron chi connectivity index (χ2n) is 5.65. The first-order valence-electron chi connectivity index (χ1n) is 7.88. The standard InChI is InChI=1S/C15H25N5O2/c1-3-4-6-16-14(21)12-19-8-10-20(11-9-19)15(22)13-5-7-18(2)17-13/h5,7H,3-4,6,8-12H2,1-2H3,(H,16,21). The van der Waals surface area contributed by atoms with Crippen LogP contribution in [0.25, 0.3) is 0 Å². The highest BCUT2D eigenvalue weighted by Crippen LogP contribution is 2.07. The highest BCUT2D eigenvalue weighted by molar-refractivity contribution is 5.92. The Kier molecular flexibility index (Phi) is 5.94. The van der Waals surface area contributed by atoms with Gasteiger partial charge < -0.3 is 10.2 Å². The Labute approximate surface area is 131 Å². The van der Waals surface area contributed by atoms with Gasteiger partial charge in [0.1, 0.15) is 5.69 Å². The maximum atomic E-state index is 12.3. The molecule has 2 rings (SSSR count). The molecule has 7 nitrogen and oxygen atoms in total. The molecule has 7 heteroatoms. The third-order valence-electron chi connectivity index (χ3n) is 3.81. The Morgan fingerprint density at radius 3 is 2.59 bits per heavy atom. The van der Waals surface area contributed by atoms with E-state index < -0.39 is 0 Å². The van der Waals surface area contributed by atoms with Gasteiger partial charge in [0.15, 0.2) is 0 Å². The van der Waals surface area contributed by atoms with E-state index in [2.05, 4.69) is 22.2 Å². The molecule has 122 valence electrons. The number of rotatable bonds is 6. The number of amides is 2. The summed E-state index contributed by atoms with van der Waals surface area (Å²) in [6.45, 7) is 5.97. The molecule has 1 aliphatic heterocycles. The lowest BCUT2D eigenvalue weighted by molar-refractivity contribution is -0.122. The van der Waals surface area contributed by atoms with E-state index in [4.69, 9.17) is 0 Å². The quantitative estimate of drug-likeness (QED) is 0.757. The minimum atomic E-state index is -0.0346. The summed E-state index contributed by atoms with van der Waals surface area (Å²) < 4.78 is 1.63. The molecule has 1 fully saturated rings. The topological polar surface area (TPSA) is 70.5 Å². The van der Waals surface area contributed by atoms with Crippen molar-refractivity contribution in [3.63, 3.8) is 0 Å². The van der Waals surface area contributed by atoms with Crippen LogP contribution >= 0.6 is 0 Å². The summed E-state index contributed by atoms with van der Waals surface area (Å²) in [5.41, 5.74) is 0.480. The van der Waals surface area contributed by atoms with Crippen molar-refractivity contribution < 1.29 is 9.59 Å². The van der Waals surface area contributed by atoms with E-state index >= 15 is 0 Å². The van der Waals surface area contributed by atoms with Crippen LogP contribution in [-0.4, -0.2) is 70.7 Å². The summed E-state index contributed by atoms with van der Waals surface area (Å²) in [6, 6.07) is 1.73. The summed E-state index contributed by atoms with van der Waals surface area (Å²) in [5, 5.41) is 7.06. The minimum Gasteiger partial charge on any atom is -0.355 e. The number of carbonyl (C=O) groups excluding carboxylic acids is 2. The van der Waals surface area contributed by atoms with Gasteiger partial charge in [-0.2, -0.15) is 5.10 Å². The monoisotopic (exact) mass is 307 g/mol. The van der Waals surface area contributed by atoms with Gasteiger partial charge in [-0.3, -0.25) is 19.2 Å². The first kappa shape index (κ1) is 16.5. The van der Waals surface area contributed by atoms with Crippen LogP contribution in [0.2, 0.25) is 0 Å². The Hall–Kier alpha value is -1.89. The molecular weight excluding hydrogens is 282 g/mol. The lowest BCUT2D eigenvalue weighted by Gasteiger charge is -2.33. The molecule has 0 unspecified atom stereocenters. The van der Waals surface area contributed by atoms with Crippen molar-refractivity contribution in [2.75, 3.05) is 39.3 Å².